The van der Waals surface area contributed by atoms with Gasteiger partial charge in [0.15, 0.2) is 0 Å². The lowest BCUT2D eigenvalue weighted by Crippen LogP contribution is -2.35. The smallest absolute Gasteiger partial charge is 0.145 e. The Bertz CT molecular complexity index is 696. The molecule has 0 bridgehead atoms. The van der Waals surface area contributed by atoms with Gasteiger partial charge < -0.3 is 0 Å². The van der Waals surface area contributed by atoms with Gasteiger partial charge in [-0.15, -0.1) is 0 Å². The maximum absolute atomic E-state index is 3.65. The number of nitrogens with zero attached hydrogens (tertiary/aromatic N) is 1. The van der Waals surface area contributed by atoms with E-state index in [1.807, 2.05) is 0 Å². The number of hydrogen-bond acceptors (Lipinski definition) is 0. The Kier molecular flexibility index (Phi) is 2.45. The zero-order valence-corrected chi connectivity index (χ0v) is 12.8. The largest absolute Gasteiger partial charge is 0.267 e. The lowest BCUT2D eigenvalue weighted by Gasteiger charge is -2.26. The lowest BCUT2D eigenvalue weighted by atomic mass is 9.99. The predicted octanol–water partition coefficient (Wildman–Crippen LogP) is 4.93. The molecule has 0 spiro atoms. The minimum atomic E-state index is 0.865. The highest BCUT2D eigenvalue weighted by atomic mass is 79.9. The second kappa shape index (κ2) is 3.69. The Labute approximate surface area is 116 Å². The summed E-state index contributed by atoms with van der Waals surface area (Å²) in [5, 5.41) is 2.65. The highest BCUT2D eigenvalue weighted by Gasteiger charge is 2.35. The van der Waals surface area contributed by atoms with Crippen LogP contribution in [0, 0.1) is 0 Å². The summed E-state index contributed by atoms with van der Waals surface area (Å²) in [7, 11) is 4.52. The second-order valence-electron chi connectivity index (χ2n) is 5.46. The summed E-state index contributed by atoms with van der Waals surface area (Å²) in [5.41, 5.74) is 5.66. The molecule has 92 valence electrons. The first-order valence-electron chi connectivity index (χ1n) is 6.19. The summed E-state index contributed by atoms with van der Waals surface area (Å²) in [5.74, 6) is 0. The van der Waals surface area contributed by atoms with Crippen molar-refractivity contribution in [2.24, 2.45) is 0 Å². The van der Waals surface area contributed by atoms with Gasteiger partial charge in [0.25, 0.3) is 0 Å². The van der Waals surface area contributed by atoms with Crippen LogP contribution >= 0.6 is 15.9 Å². The first-order valence-corrected chi connectivity index (χ1v) is 6.98. The molecule has 0 unspecified atom stereocenters. The number of halogens is 1. The van der Waals surface area contributed by atoms with Crippen LogP contribution in [0.25, 0.3) is 16.3 Å². The van der Waals surface area contributed by atoms with Crippen LogP contribution in [0.4, 0.5) is 5.69 Å². The van der Waals surface area contributed by atoms with Gasteiger partial charge in [-0.05, 0) is 29.8 Å². The Morgan fingerprint density at radius 1 is 0.944 bits per heavy atom. The number of benzene rings is 2. The Morgan fingerprint density at radius 3 is 2.39 bits per heavy atom. The summed E-state index contributed by atoms with van der Waals surface area (Å²) in [4.78, 5) is 0. The first-order chi connectivity index (χ1) is 8.44. The van der Waals surface area contributed by atoms with Crippen molar-refractivity contribution in [2.75, 3.05) is 14.1 Å². The number of rotatable bonds is 0. The molecule has 1 nitrogen and oxygen atoms in total. The maximum atomic E-state index is 3.65. The van der Waals surface area contributed by atoms with Crippen molar-refractivity contribution in [3.8, 4) is 0 Å². The van der Waals surface area contributed by atoms with Crippen LogP contribution in [-0.4, -0.2) is 14.1 Å². The van der Waals surface area contributed by atoms with E-state index in [1.165, 1.54) is 37.8 Å². The van der Waals surface area contributed by atoms with Crippen molar-refractivity contribution in [1.29, 1.82) is 0 Å². The summed E-state index contributed by atoms with van der Waals surface area (Å²) in [6.45, 7) is 4.47. The second-order valence-corrected chi connectivity index (χ2v) is 6.31. The third-order valence-corrected chi connectivity index (χ3v) is 5.04. The molecule has 1 aliphatic rings. The molecule has 0 atom stereocenters. The van der Waals surface area contributed by atoms with Crippen LogP contribution in [-0.2, 0) is 0 Å². The molecule has 0 amide bonds. The Balaban J connectivity index is 2.49. The predicted molar refractivity (Wildman–Crippen MR) is 83.6 cm³/mol. The van der Waals surface area contributed by atoms with Gasteiger partial charge in [0.1, 0.15) is 11.4 Å². The van der Waals surface area contributed by atoms with E-state index < -0.39 is 0 Å². The van der Waals surface area contributed by atoms with E-state index in [0.29, 0.717) is 0 Å². The molecule has 0 radical (unpaired) electrons. The normalized spacial score (nSPS) is 17.4. The molecule has 2 heteroatoms. The fraction of sp³-hybridized carbons (Fsp3) is 0.250. The molecule has 0 fully saturated rings. The third-order valence-electron chi connectivity index (χ3n) is 4.34. The van der Waals surface area contributed by atoms with Gasteiger partial charge >= 0.3 is 0 Å². The SMILES string of the molecule is CC1=C(C)[N+](C)(C)c2ccc3c(Br)cccc3c21. The number of fused-ring (bicyclic) bond motifs is 3. The van der Waals surface area contributed by atoms with Crippen LogP contribution in [0.15, 0.2) is 40.5 Å². The third kappa shape index (κ3) is 1.36. The van der Waals surface area contributed by atoms with Gasteiger partial charge in [0.05, 0.1) is 19.7 Å². The molecule has 2 aromatic carbocycles. The molecule has 0 N–H and O–H groups in total. The molecule has 0 aromatic heterocycles. The van der Waals surface area contributed by atoms with Crippen molar-refractivity contribution in [3.63, 3.8) is 0 Å². The molecule has 0 saturated heterocycles. The van der Waals surface area contributed by atoms with Gasteiger partial charge in [-0.3, -0.25) is 4.48 Å². The van der Waals surface area contributed by atoms with E-state index in [0.717, 1.165) is 4.48 Å². The Hall–Kier alpha value is -1.12. The van der Waals surface area contributed by atoms with E-state index >= 15 is 0 Å². The summed E-state index contributed by atoms with van der Waals surface area (Å²) in [6, 6.07) is 10.9. The molecule has 3 rings (SSSR count). The molecule has 0 saturated carbocycles. The van der Waals surface area contributed by atoms with E-state index in [4.69, 9.17) is 0 Å². The van der Waals surface area contributed by atoms with E-state index in [2.05, 4.69) is 74.2 Å². The van der Waals surface area contributed by atoms with Crippen LogP contribution in [0.1, 0.15) is 19.4 Å². The van der Waals surface area contributed by atoms with Crippen molar-refractivity contribution >= 4 is 38.0 Å². The number of hydrogen-bond donors (Lipinski definition) is 0. The Morgan fingerprint density at radius 2 is 1.67 bits per heavy atom. The fourth-order valence-corrected chi connectivity index (χ4v) is 3.45. The van der Waals surface area contributed by atoms with Crippen LogP contribution in [0.3, 0.4) is 0 Å². The van der Waals surface area contributed by atoms with Gasteiger partial charge in [0.2, 0.25) is 0 Å². The van der Waals surface area contributed by atoms with Crippen LogP contribution < -0.4 is 4.48 Å². The summed E-state index contributed by atoms with van der Waals surface area (Å²) in [6.07, 6.45) is 0. The van der Waals surface area contributed by atoms with Crippen molar-refractivity contribution in [1.82, 2.24) is 4.48 Å². The maximum Gasteiger partial charge on any atom is 0.145 e. The van der Waals surface area contributed by atoms with Gasteiger partial charge in [-0.25, -0.2) is 0 Å². The molecular formula is C16H17BrN+. The molecule has 2 aromatic rings. The zero-order chi connectivity index (χ0) is 13.1. The quantitative estimate of drug-likeness (QED) is 0.605. The zero-order valence-electron chi connectivity index (χ0n) is 11.2. The molecule has 18 heavy (non-hydrogen) atoms. The minimum absolute atomic E-state index is 0.865. The van der Waals surface area contributed by atoms with E-state index in [9.17, 15) is 0 Å². The van der Waals surface area contributed by atoms with Gasteiger partial charge in [-0.2, -0.15) is 0 Å². The van der Waals surface area contributed by atoms with Gasteiger partial charge in [0, 0.05) is 23.0 Å². The molecule has 1 aliphatic heterocycles. The van der Waals surface area contributed by atoms with Crippen molar-refractivity contribution < 1.29 is 0 Å². The van der Waals surface area contributed by atoms with Crippen molar-refractivity contribution in [3.05, 3.63) is 46.1 Å². The standard InChI is InChI=1S/C16H17BrN/c1-10-11(2)18(3,4)15-9-8-12-13(16(10)15)6-5-7-14(12)17/h5-9H,1-4H3/q+1. The van der Waals surface area contributed by atoms with Gasteiger partial charge in [-0.1, -0.05) is 28.1 Å². The van der Waals surface area contributed by atoms with Crippen LogP contribution in [0.5, 0.6) is 0 Å². The number of quaternary nitrogens is 1. The minimum Gasteiger partial charge on any atom is -0.267 e. The molecular weight excluding hydrogens is 286 g/mol. The molecule has 1 heterocycles. The summed E-state index contributed by atoms with van der Waals surface area (Å²) >= 11 is 3.65. The highest BCUT2D eigenvalue weighted by Crippen LogP contribution is 2.46. The monoisotopic (exact) mass is 302 g/mol. The van der Waals surface area contributed by atoms with E-state index in [-0.39, 0.29) is 0 Å². The average molecular weight is 303 g/mol. The lowest BCUT2D eigenvalue weighted by molar-refractivity contribution is 0.507. The topological polar surface area (TPSA) is 0 Å². The van der Waals surface area contributed by atoms with Crippen LogP contribution in [0.2, 0.25) is 0 Å². The van der Waals surface area contributed by atoms with E-state index in [1.54, 1.807) is 0 Å². The molecule has 0 aliphatic carbocycles. The number of allylic oxidation sites excluding steroid dienone is 2. The highest BCUT2D eigenvalue weighted by molar-refractivity contribution is 9.10. The average Bonchev–Trinajstić information content (AvgIpc) is 2.52. The summed E-state index contributed by atoms with van der Waals surface area (Å²) < 4.78 is 2.04. The first kappa shape index (κ1) is 11.9. The van der Waals surface area contributed by atoms with Crippen molar-refractivity contribution in [2.45, 2.75) is 13.8 Å². The fourth-order valence-electron chi connectivity index (χ4n) is 2.95.